The van der Waals surface area contributed by atoms with Crippen molar-refractivity contribution in [1.29, 1.82) is 0 Å². The Morgan fingerprint density at radius 1 is 1.04 bits per heavy atom. The third-order valence-corrected chi connectivity index (χ3v) is 3.04. The topological polar surface area (TPSA) is 55.4 Å². The molecule has 0 saturated carbocycles. The monoisotopic (exact) mass is 319 g/mol. The zero-order valence-corrected chi connectivity index (χ0v) is 12.2. The predicted molar refractivity (Wildman–Crippen MR) is 79.3 cm³/mol. The quantitative estimate of drug-likeness (QED) is 0.832. The first-order valence-electron chi connectivity index (χ1n) is 6.95. The minimum atomic E-state index is -0.642. The highest BCUT2D eigenvalue weighted by Gasteiger charge is 2.09. The second kappa shape index (κ2) is 8.03. The van der Waals surface area contributed by atoms with Gasteiger partial charge in [0.05, 0.1) is 6.42 Å². The number of hydrogen-bond donors (Lipinski definition) is 1. The van der Waals surface area contributed by atoms with Gasteiger partial charge in [-0.1, -0.05) is 30.3 Å². The lowest BCUT2D eigenvalue weighted by molar-refractivity contribution is -0.147. The van der Waals surface area contributed by atoms with E-state index in [0.29, 0.717) is 11.1 Å². The molecule has 23 heavy (non-hydrogen) atoms. The third-order valence-electron chi connectivity index (χ3n) is 3.04. The molecule has 0 aliphatic carbocycles. The number of nitrogens with one attached hydrogen (secondary N) is 1. The first kappa shape index (κ1) is 16.6. The molecule has 0 aromatic heterocycles. The van der Waals surface area contributed by atoms with Crippen LogP contribution in [0.25, 0.3) is 0 Å². The van der Waals surface area contributed by atoms with Crippen molar-refractivity contribution < 1.29 is 23.1 Å². The Morgan fingerprint density at radius 3 is 2.57 bits per heavy atom. The van der Waals surface area contributed by atoms with Crippen LogP contribution in [0.15, 0.2) is 48.5 Å². The van der Waals surface area contributed by atoms with E-state index >= 15 is 0 Å². The molecule has 0 fully saturated rings. The minimum absolute atomic E-state index is 0.00690. The summed E-state index contributed by atoms with van der Waals surface area (Å²) >= 11 is 0. The Balaban J connectivity index is 1.74. The fourth-order valence-electron chi connectivity index (χ4n) is 1.90. The van der Waals surface area contributed by atoms with E-state index in [-0.39, 0.29) is 13.0 Å². The van der Waals surface area contributed by atoms with Gasteiger partial charge in [-0.05, 0) is 23.8 Å². The van der Waals surface area contributed by atoms with Gasteiger partial charge in [0.1, 0.15) is 11.6 Å². The molecule has 2 aromatic rings. The fraction of sp³-hybridized carbons (Fsp3) is 0.176. The summed E-state index contributed by atoms with van der Waals surface area (Å²) in [5, 5.41) is 2.45. The number of carbonyl (C=O) groups is 2. The van der Waals surface area contributed by atoms with Crippen molar-refractivity contribution in [3.05, 3.63) is 71.3 Å². The first-order chi connectivity index (χ1) is 11.0. The number of halogens is 2. The second-order valence-electron chi connectivity index (χ2n) is 4.84. The maximum Gasteiger partial charge on any atom is 0.310 e. The number of ether oxygens (including phenoxy) is 1. The van der Waals surface area contributed by atoms with Crippen molar-refractivity contribution >= 4 is 11.9 Å². The molecule has 120 valence electrons. The highest BCUT2D eigenvalue weighted by molar-refractivity contribution is 5.81. The maximum absolute atomic E-state index is 13.4. The molecule has 4 nitrogen and oxygen atoms in total. The number of benzene rings is 2. The SMILES string of the molecule is O=C(COC(=O)Cc1cccc(F)c1)NCc1ccccc1F. The van der Waals surface area contributed by atoms with Gasteiger partial charge in [-0.3, -0.25) is 9.59 Å². The van der Waals surface area contributed by atoms with Crippen LogP contribution in [0.5, 0.6) is 0 Å². The highest BCUT2D eigenvalue weighted by atomic mass is 19.1. The lowest BCUT2D eigenvalue weighted by Crippen LogP contribution is -2.29. The van der Waals surface area contributed by atoms with Gasteiger partial charge in [0, 0.05) is 12.1 Å². The molecule has 0 bridgehead atoms. The Bertz CT molecular complexity index is 704. The summed E-state index contributed by atoms with van der Waals surface area (Å²) in [5.41, 5.74) is 0.800. The summed E-state index contributed by atoms with van der Waals surface area (Å²) in [6.07, 6.45) is -0.127. The van der Waals surface area contributed by atoms with E-state index in [1.165, 1.54) is 24.3 Å². The minimum Gasteiger partial charge on any atom is -0.455 e. The van der Waals surface area contributed by atoms with Crippen LogP contribution in [0.1, 0.15) is 11.1 Å². The van der Waals surface area contributed by atoms with E-state index in [2.05, 4.69) is 5.32 Å². The van der Waals surface area contributed by atoms with Crippen LogP contribution in [-0.2, 0) is 27.3 Å². The van der Waals surface area contributed by atoms with Crippen molar-refractivity contribution in [3.8, 4) is 0 Å². The molecule has 1 amide bonds. The Kier molecular flexibility index (Phi) is 5.80. The normalized spacial score (nSPS) is 10.2. The fourth-order valence-corrected chi connectivity index (χ4v) is 1.90. The molecule has 0 atom stereocenters. The summed E-state index contributed by atoms with van der Waals surface area (Å²) in [6, 6.07) is 11.6. The molecule has 2 rings (SSSR count). The summed E-state index contributed by atoms with van der Waals surface area (Å²) in [4.78, 5) is 23.1. The summed E-state index contributed by atoms with van der Waals surface area (Å²) in [6.45, 7) is -0.463. The molecule has 0 saturated heterocycles. The number of rotatable bonds is 6. The average Bonchev–Trinajstić information content (AvgIpc) is 2.52. The van der Waals surface area contributed by atoms with Crippen molar-refractivity contribution in [2.24, 2.45) is 0 Å². The largest absolute Gasteiger partial charge is 0.455 e. The lowest BCUT2D eigenvalue weighted by atomic mass is 10.1. The molecule has 6 heteroatoms. The van der Waals surface area contributed by atoms with Crippen molar-refractivity contribution in [2.45, 2.75) is 13.0 Å². The average molecular weight is 319 g/mol. The molecule has 2 aromatic carbocycles. The van der Waals surface area contributed by atoms with E-state index in [4.69, 9.17) is 4.74 Å². The molecule has 0 heterocycles. The van der Waals surface area contributed by atoms with Crippen molar-refractivity contribution in [3.63, 3.8) is 0 Å². The van der Waals surface area contributed by atoms with Gasteiger partial charge in [0.25, 0.3) is 5.91 Å². The van der Waals surface area contributed by atoms with Crippen molar-refractivity contribution in [2.75, 3.05) is 6.61 Å². The molecule has 0 aliphatic rings. The maximum atomic E-state index is 13.4. The summed E-state index contributed by atoms with van der Waals surface area (Å²) < 4.78 is 31.1. The zero-order valence-electron chi connectivity index (χ0n) is 12.2. The lowest BCUT2D eigenvalue weighted by Gasteiger charge is -2.07. The molecule has 0 radical (unpaired) electrons. The van der Waals surface area contributed by atoms with Gasteiger partial charge in [0.2, 0.25) is 0 Å². The van der Waals surface area contributed by atoms with Crippen LogP contribution in [0.4, 0.5) is 8.78 Å². The smallest absolute Gasteiger partial charge is 0.310 e. The van der Waals surface area contributed by atoms with Gasteiger partial charge in [-0.25, -0.2) is 8.78 Å². The zero-order chi connectivity index (χ0) is 16.7. The van der Waals surface area contributed by atoms with Crippen LogP contribution in [0.3, 0.4) is 0 Å². The number of carbonyl (C=O) groups excluding carboxylic acids is 2. The number of hydrogen-bond acceptors (Lipinski definition) is 3. The molecule has 1 N–H and O–H groups in total. The van der Waals surface area contributed by atoms with Crippen LogP contribution in [-0.4, -0.2) is 18.5 Å². The van der Waals surface area contributed by atoms with Crippen LogP contribution >= 0.6 is 0 Å². The van der Waals surface area contributed by atoms with E-state index in [1.54, 1.807) is 24.3 Å². The summed E-state index contributed by atoms with van der Waals surface area (Å²) in [7, 11) is 0. The van der Waals surface area contributed by atoms with Crippen LogP contribution in [0.2, 0.25) is 0 Å². The van der Waals surface area contributed by atoms with Gasteiger partial charge in [-0.2, -0.15) is 0 Å². The molecule has 0 aliphatic heterocycles. The Hall–Kier alpha value is -2.76. The molecule has 0 unspecified atom stereocenters. The van der Waals surface area contributed by atoms with Gasteiger partial charge < -0.3 is 10.1 Å². The molecule has 0 spiro atoms. The molecular formula is C17H15F2NO3. The van der Waals surface area contributed by atoms with Crippen molar-refractivity contribution in [1.82, 2.24) is 5.32 Å². The molecular weight excluding hydrogens is 304 g/mol. The van der Waals surface area contributed by atoms with Crippen LogP contribution < -0.4 is 5.32 Å². The number of esters is 1. The Labute approximate surface area is 132 Å². The predicted octanol–water partition coefficient (Wildman–Crippen LogP) is 2.37. The standard InChI is InChI=1S/C17H15F2NO3/c18-14-6-3-4-12(8-14)9-17(22)23-11-16(21)20-10-13-5-1-2-7-15(13)19/h1-8H,9-11H2,(H,20,21). The highest BCUT2D eigenvalue weighted by Crippen LogP contribution is 2.06. The van der Waals surface area contributed by atoms with E-state index in [0.717, 1.165) is 0 Å². The van der Waals surface area contributed by atoms with Gasteiger partial charge in [-0.15, -0.1) is 0 Å². The number of amides is 1. The third kappa shape index (κ3) is 5.50. The summed E-state index contributed by atoms with van der Waals surface area (Å²) in [5.74, 6) is -2.05. The van der Waals surface area contributed by atoms with E-state index in [9.17, 15) is 18.4 Å². The first-order valence-corrected chi connectivity index (χ1v) is 6.95. The Morgan fingerprint density at radius 2 is 1.83 bits per heavy atom. The van der Waals surface area contributed by atoms with E-state index < -0.39 is 30.1 Å². The van der Waals surface area contributed by atoms with Crippen LogP contribution in [0, 0.1) is 11.6 Å². The van der Waals surface area contributed by atoms with Gasteiger partial charge in [0.15, 0.2) is 6.61 Å². The van der Waals surface area contributed by atoms with Gasteiger partial charge >= 0.3 is 5.97 Å². The van der Waals surface area contributed by atoms with E-state index in [1.807, 2.05) is 0 Å². The second-order valence-corrected chi connectivity index (χ2v) is 4.84.